The Balaban J connectivity index is 1.46. The predicted molar refractivity (Wildman–Crippen MR) is 98.1 cm³/mol. The monoisotopic (exact) mass is 339 g/mol. The van der Waals surface area contributed by atoms with Crippen molar-refractivity contribution in [3.05, 3.63) is 48.2 Å². The molecule has 1 N–H and O–H groups in total. The molecule has 1 aromatic heterocycles. The van der Waals surface area contributed by atoms with Crippen molar-refractivity contribution in [2.24, 2.45) is 5.92 Å². The molecular formula is C20H25N3O2. The summed E-state index contributed by atoms with van der Waals surface area (Å²) in [6.07, 6.45) is 4.25. The van der Waals surface area contributed by atoms with Crippen LogP contribution in [0.5, 0.6) is 11.6 Å². The predicted octanol–water partition coefficient (Wildman–Crippen LogP) is 3.53. The molecule has 5 nitrogen and oxygen atoms in total. The number of fused-ring (bicyclic) bond motifs is 1. The first kappa shape index (κ1) is 16.4. The minimum Gasteiger partial charge on any atom is -0.439 e. The molecule has 1 aromatic carbocycles. The van der Waals surface area contributed by atoms with E-state index in [9.17, 15) is 0 Å². The van der Waals surface area contributed by atoms with Crippen molar-refractivity contribution in [2.45, 2.75) is 19.4 Å². The molecule has 0 spiro atoms. The van der Waals surface area contributed by atoms with Crippen LogP contribution in [0.3, 0.4) is 0 Å². The van der Waals surface area contributed by atoms with Gasteiger partial charge in [0.2, 0.25) is 5.88 Å². The maximum Gasteiger partial charge on any atom is 0.219 e. The van der Waals surface area contributed by atoms with E-state index in [-0.39, 0.29) is 0 Å². The summed E-state index contributed by atoms with van der Waals surface area (Å²) in [6.45, 7) is 5.91. The lowest BCUT2D eigenvalue weighted by atomic mass is 9.99. The topological polar surface area (TPSA) is 46.6 Å². The zero-order valence-corrected chi connectivity index (χ0v) is 14.5. The molecule has 25 heavy (non-hydrogen) atoms. The molecule has 2 aliphatic heterocycles. The maximum absolute atomic E-state index is 5.90. The Bertz CT molecular complexity index is 687. The molecule has 0 saturated carbocycles. The lowest BCUT2D eigenvalue weighted by molar-refractivity contribution is 0.0522. The van der Waals surface area contributed by atoms with Crippen molar-refractivity contribution in [1.82, 2.24) is 9.88 Å². The molecule has 0 radical (unpaired) electrons. The normalized spacial score (nSPS) is 18.9. The number of aromatic nitrogens is 1. The summed E-state index contributed by atoms with van der Waals surface area (Å²) in [5.41, 5.74) is 2.38. The van der Waals surface area contributed by atoms with Gasteiger partial charge in [-0.3, -0.25) is 4.90 Å². The number of rotatable bonds is 4. The van der Waals surface area contributed by atoms with E-state index in [1.807, 2.05) is 36.5 Å². The van der Waals surface area contributed by atoms with E-state index in [0.717, 1.165) is 56.7 Å². The number of benzene rings is 1. The van der Waals surface area contributed by atoms with Gasteiger partial charge >= 0.3 is 0 Å². The van der Waals surface area contributed by atoms with Crippen LogP contribution in [0.4, 0.5) is 5.69 Å². The Morgan fingerprint density at radius 2 is 2.04 bits per heavy atom. The largest absolute Gasteiger partial charge is 0.439 e. The molecule has 132 valence electrons. The fourth-order valence-electron chi connectivity index (χ4n) is 3.55. The van der Waals surface area contributed by atoms with E-state index in [0.29, 0.717) is 5.88 Å². The molecule has 1 saturated heterocycles. The van der Waals surface area contributed by atoms with E-state index < -0.39 is 0 Å². The molecule has 3 heterocycles. The van der Waals surface area contributed by atoms with E-state index in [4.69, 9.17) is 9.47 Å². The van der Waals surface area contributed by atoms with Crippen LogP contribution in [0.25, 0.3) is 0 Å². The quantitative estimate of drug-likeness (QED) is 0.923. The third-order valence-electron chi connectivity index (χ3n) is 4.92. The first-order valence-corrected chi connectivity index (χ1v) is 9.12. The Hall–Kier alpha value is -2.11. The summed E-state index contributed by atoms with van der Waals surface area (Å²) >= 11 is 0. The summed E-state index contributed by atoms with van der Waals surface area (Å²) in [5, 5.41) is 3.50. The van der Waals surface area contributed by atoms with Gasteiger partial charge in [0.15, 0.2) is 0 Å². The molecular weight excluding hydrogens is 314 g/mol. The number of hydrogen-bond acceptors (Lipinski definition) is 5. The molecule has 4 rings (SSSR count). The summed E-state index contributed by atoms with van der Waals surface area (Å²) < 4.78 is 11.4. The van der Waals surface area contributed by atoms with Crippen LogP contribution in [-0.4, -0.2) is 42.7 Å². The van der Waals surface area contributed by atoms with Crippen molar-refractivity contribution in [3.8, 4) is 11.6 Å². The van der Waals surface area contributed by atoms with Gasteiger partial charge in [-0.25, -0.2) is 4.98 Å². The molecule has 0 atom stereocenters. The van der Waals surface area contributed by atoms with Crippen LogP contribution in [-0.2, 0) is 11.3 Å². The number of nitrogens with one attached hydrogen (secondary N) is 1. The first-order valence-electron chi connectivity index (χ1n) is 9.12. The second-order valence-corrected chi connectivity index (χ2v) is 6.81. The Morgan fingerprint density at radius 1 is 1.20 bits per heavy atom. The van der Waals surface area contributed by atoms with Crippen LogP contribution >= 0.6 is 0 Å². The standard InChI is InChI=1S/C20H25N3O2/c1-2-4-18(5-3-1)25-20-12-17-15-23(9-8-21-19(17)13-22-20)14-16-6-10-24-11-7-16/h1-5,12-13,16,21H,6-11,14-15H2. The van der Waals surface area contributed by atoms with Crippen LogP contribution in [0.15, 0.2) is 42.6 Å². The van der Waals surface area contributed by atoms with Crippen molar-refractivity contribution in [1.29, 1.82) is 0 Å². The Labute approximate surface area is 149 Å². The van der Waals surface area contributed by atoms with Crippen LogP contribution in [0.1, 0.15) is 18.4 Å². The number of para-hydroxylation sites is 1. The van der Waals surface area contributed by atoms with Gasteiger partial charge in [0.1, 0.15) is 5.75 Å². The minimum atomic E-state index is 0.652. The van der Waals surface area contributed by atoms with Gasteiger partial charge in [0.05, 0.1) is 11.9 Å². The highest BCUT2D eigenvalue weighted by Crippen LogP contribution is 2.27. The van der Waals surface area contributed by atoms with Crippen LogP contribution in [0.2, 0.25) is 0 Å². The van der Waals surface area contributed by atoms with Gasteiger partial charge in [-0.15, -0.1) is 0 Å². The number of pyridine rings is 1. The third-order valence-corrected chi connectivity index (χ3v) is 4.92. The summed E-state index contributed by atoms with van der Waals surface area (Å²) in [4.78, 5) is 6.99. The Morgan fingerprint density at radius 3 is 2.88 bits per heavy atom. The van der Waals surface area contributed by atoms with Gasteiger partial charge in [0.25, 0.3) is 0 Å². The second kappa shape index (κ2) is 7.85. The SMILES string of the molecule is c1ccc(Oc2cc3c(cn2)NCCN(CC2CCOCC2)C3)cc1. The first-order chi connectivity index (χ1) is 12.4. The summed E-state index contributed by atoms with van der Waals surface area (Å²) in [7, 11) is 0. The average molecular weight is 339 g/mol. The lowest BCUT2D eigenvalue weighted by Crippen LogP contribution is -2.33. The van der Waals surface area contributed by atoms with E-state index in [1.54, 1.807) is 0 Å². The molecule has 5 heteroatoms. The van der Waals surface area contributed by atoms with E-state index in [1.165, 1.54) is 18.4 Å². The van der Waals surface area contributed by atoms with Crippen molar-refractivity contribution < 1.29 is 9.47 Å². The highest BCUT2D eigenvalue weighted by molar-refractivity contribution is 5.52. The van der Waals surface area contributed by atoms with Crippen LogP contribution < -0.4 is 10.1 Å². The van der Waals surface area contributed by atoms with Crippen molar-refractivity contribution in [3.63, 3.8) is 0 Å². The molecule has 0 unspecified atom stereocenters. The summed E-state index contributed by atoms with van der Waals surface area (Å²) in [5.74, 6) is 2.22. The second-order valence-electron chi connectivity index (χ2n) is 6.81. The minimum absolute atomic E-state index is 0.652. The fourth-order valence-corrected chi connectivity index (χ4v) is 3.55. The Kier molecular flexibility index (Phi) is 5.14. The number of anilines is 1. The number of ether oxygens (including phenoxy) is 2. The molecule has 2 aliphatic rings. The van der Waals surface area contributed by atoms with Crippen molar-refractivity contribution >= 4 is 5.69 Å². The van der Waals surface area contributed by atoms with E-state index >= 15 is 0 Å². The zero-order chi connectivity index (χ0) is 16.9. The third kappa shape index (κ3) is 4.30. The smallest absolute Gasteiger partial charge is 0.219 e. The number of hydrogen-bond donors (Lipinski definition) is 1. The van der Waals surface area contributed by atoms with Gasteiger partial charge in [-0.2, -0.15) is 0 Å². The van der Waals surface area contributed by atoms with Crippen LogP contribution in [0, 0.1) is 5.92 Å². The highest BCUT2D eigenvalue weighted by atomic mass is 16.5. The fraction of sp³-hybridized carbons (Fsp3) is 0.450. The molecule has 0 aliphatic carbocycles. The summed E-state index contributed by atoms with van der Waals surface area (Å²) in [6, 6.07) is 11.9. The van der Waals surface area contributed by atoms with Gasteiger partial charge in [-0.05, 0) is 36.5 Å². The maximum atomic E-state index is 5.90. The van der Waals surface area contributed by atoms with Gasteiger partial charge in [0, 0.05) is 45.5 Å². The number of nitrogens with zero attached hydrogens (tertiary/aromatic N) is 2. The molecule has 0 bridgehead atoms. The average Bonchev–Trinajstić information content (AvgIpc) is 2.85. The zero-order valence-electron chi connectivity index (χ0n) is 14.5. The highest BCUT2D eigenvalue weighted by Gasteiger charge is 2.21. The van der Waals surface area contributed by atoms with E-state index in [2.05, 4.69) is 21.3 Å². The molecule has 1 fully saturated rings. The van der Waals surface area contributed by atoms with Gasteiger partial charge < -0.3 is 14.8 Å². The molecule has 0 amide bonds. The lowest BCUT2D eigenvalue weighted by Gasteiger charge is -2.28. The van der Waals surface area contributed by atoms with Gasteiger partial charge in [-0.1, -0.05) is 18.2 Å². The molecule has 2 aromatic rings. The van der Waals surface area contributed by atoms with Crippen molar-refractivity contribution in [2.75, 3.05) is 38.2 Å².